The molecule has 0 saturated heterocycles. The fourth-order valence-electron chi connectivity index (χ4n) is 2.18. The number of pyridine rings is 1. The molecule has 0 aliphatic heterocycles. The Bertz CT molecular complexity index is 771. The first kappa shape index (κ1) is 13.6. The van der Waals surface area contributed by atoms with Crippen LogP contribution >= 0.6 is 11.6 Å². The lowest BCUT2D eigenvalue weighted by Crippen LogP contribution is -1.97. The van der Waals surface area contributed by atoms with Gasteiger partial charge < -0.3 is 16.0 Å². The molecule has 3 aromatic rings. The Morgan fingerprint density at radius 1 is 1.10 bits per heavy atom. The van der Waals surface area contributed by atoms with E-state index in [0.29, 0.717) is 17.3 Å². The highest BCUT2D eigenvalue weighted by Crippen LogP contribution is 2.36. The molecule has 0 aliphatic carbocycles. The van der Waals surface area contributed by atoms with Gasteiger partial charge in [-0.25, -0.2) is 0 Å². The van der Waals surface area contributed by atoms with E-state index in [0.717, 1.165) is 22.3 Å². The number of nitrogens with two attached hydrogens (primary N) is 2. The SMILES string of the molecule is NCc1cc(-c2noc(N)c2-c2ccncc2)ccc1Cl. The summed E-state index contributed by atoms with van der Waals surface area (Å²) in [5.74, 6) is 0.264. The maximum atomic E-state index is 6.09. The van der Waals surface area contributed by atoms with Crippen LogP contribution in [0.1, 0.15) is 5.56 Å². The van der Waals surface area contributed by atoms with Gasteiger partial charge in [-0.2, -0.15) is 0 Å². The van der Waals surface area contributed by atoms with Crippen molar-refractivity contribution in [3.63, 3.8) is 0 Å². The molecular formula is C15H13ClN4O. The van der Waals surface area contributed by atoms with Crippen LogP contribution in [0.3, 0.4) is 0 Å². The van der Waals surface area contributed by atoms with Crippen LogP contribution in [0.25, 0.3) is 22.4 Å². The molecule has 0 spiro atoms. The van der Waals surface area contributed by atoms with E-state index < -0.39 is 0 Å². The van der Waals surface area contributed by atoms with Crippen molar-refractivity contribution >= 4 is 17.5 Å². The van der Waals surface area contributed by atoms with E-state index in [1.807, 2.05) is 24.3 Å². The summed E-state index contributed by atoms with van der Waals surface area (Å²) >= 11 is 6.09. The van der Waals surface area contributed by atoms with Gasteiger partial charge in [0, 0.05) is 29.5 Å². The molecule has 0 unspecified atom stereocenters. The molecule has 21 heavy (non-hydrogen) atoms. The molecule has 1 aromatic carbocycles. The molecule has 3 rings (SSSR count). The first-order valence-electron chi connectivity index (χ1n) is 6.35. The molecular weight excluding hydrogens is 288 g/mol. The van der Waals surface area contributed by atoms with E-state index in [2.05, 4.69) is 10.1 Å². The predicted molar refractivity (Wildman–Crippen MR) is 82.5 cm³/mol. The number of nitrogen functional groups attached to an aromatic ring is 1. The number of hydrogen-bond donors (Lipinski definition) is 2. The molecule has 0 atom stereocenters. The standard InChI is InChI=1S/C15H13ClN4O/c16-12-2-1-10(7-11(12)8-17)14-13(15(18)21-20-14)9-3-5-19-6-4-9/h1-7H,8,17-18H2. The lowest BCUT2D eigenvalue weighted by molar-refractivity contribution is 0.439. The van der Waals surface area contributed by atoms with Crippen LogP contribution < -0.4 is 11.5 Å². The van der Waals surface area contributed by atoms with Crippen molar-refractivity contribution in [1.29, 1.82) is 0 Å². The molecule has 0 amide bonds. The van der Waals surface area contributed by atoms with Crippen LogP contribution in [-0.2, 0) is 6.54 Å². The molecule has 0 saturated carbocycles. The summed E-state index contributed by atoms with van der Waals surface area (Å²) in [6, 6.07) is 9.26. The number of rotatable bonds is 3. The zero-order valence-corrected chi connectivity index (χ0v) is 11.8. The Hall–Kier alpha value is -2.37. The highest BCUT2D eigenvalue weighted by Gasteiger charge is 2.18. The number of aromatic nitrogens is 2. The van der Waals surface area contributed by atoms with Crippen LogP contribution in [0, 0.1) is 0 Å². The van der Waals surface area contributed by atoms with Gasteiger partial charge in [-0.3, -0.25) is 4.98 Å². The van der Waals surface area contributed by atoms with Gasteiger partial charge in [-0.05, 0) is 35.4 Å². The van der Waals surface area contributed by atoms with Crippen molar-refractivity contribution in [1.82, 2.24) is 10.1 Å². The molecule has 0 fully saturated rings. The Morgan fingerprint density at radius 2 is 1.86 bits per heavy atom. The lowest BCUT2D eigenvalue weighted by Gasteiger charge is -2.06. The van der Waals surface area contributed by atoms with E-state index in [9.17, 15) is 0 Å². The first-order chi connectivity index (χ1) is 10.2. The van der Waals surface area contributed by atoms with E-state index in [-0.39, 0.29) is 5.88 Å². The summed E-state index contributed by atoms with van der Waals surface area (Å²) in [6.07, 6.45) is 3.39. The quantitative estimate of drug-likeness (QED) is 0.775. The fourth-order valence-corrected chi connectivity index (χ4v) is 2.37. The fraction of sp³-hybridized carbons (Fsp3) is 0.0667. The Labute approximate surface area is 126 Å². The molecule has 0 radical (unpaired) electrons. The van der Waals surface area contributed by atoms with Crippen molar-refractivity contribution in [2.45, 2.75) is 6.54 Å². The van der Waals surface area contributed by atoms with Gasteiger partial charge in [0.05, 0.1) is 5.56 Å². The average Bonchev–Trinajstić information content (AvgIpc) is 2.90. The highest BCUT2D eigenvalue weighted by atomic mass is 35.5. The van der Waals surface area contributed by atoms with Gasteiger partial charge in [0.1, 0.15) is 5.69 Å². The Morgan fingerprint density at radius 3 is 2.57 bits per heavy atom. The van der Waals surface area contributed by atoms with Gasteiger partial charge in [-0.15, -0.1) is 0 Å². The monoisotopic (exact) mass is 300 g/mol. The maximum Gasteiger partial charge on any atom is 0.230 e. The van der Waals surface area contributed by atoms with E-state index >= 15 is 0 Å². The number of halogens is 1. The Kier molecular flexibility index (Phi) is 3.60. The summed E-state index contributed by atoms with van der Waals surface area (Å²) in [5.41, 5.74) is 15.6. The van der Waals surface area contributed by atoms with Crippen molar-refractivity contribution in [2.24, 2.45) is 5.73 Å². The van der Waals surface area contributed by atoms with Gasteiger partial charge in [0.15, 0.2) is 0 Å². The number of benzene rings is 1. The van der Waals surface area contributed by atoms with Crippen LogP contribution in [0.15, 0.2) is 47.2 Å². The molecule has 0 bridgehead atoms. The predicted octanol–water partition coefficient (Wildman–Crippen LogP) is 3.10. The Balaban J connectivity index is 2.17. The van der Waals surface area contributed by atoms with Crippen LogP contribution in [0.4, 0.5) is 5.88 Å². The van der Waals surface area contributed by atoms with E-state index in [1.165, 1.54) is 0 Å². The summed E-state index contributed by atoms with van der Waals surface area (Å²) in [4.78, 5) is 4.00. The minimum atomic E-state index is 0.264. The van der Waals surface area contributed by atoms with Crippen LogP contribution in [-0.4, -0.2) is 10.1 Å². The third-order valence-corrected chi connectivity index (χ3v) is 3.60. The van der Waals surface area contributed by atoms with Gasteiger partial charge in [0.25, 0.3) is 0 Å². The summed E-state index contributed by atoms with van der Waals surface area (Å²) in [5, 5.41) is 4.69. The third kappa shape index (κ3) is 2.49. The van der Waals surface area contributed by atoms with E-state index in [1.54, 1.807) is 18.5 Å². The van der Waals surface area contributed by atoms with Gasteiger partial charge >= 0.3 is 0 Å². The second kappa shape index (κ2) is 5.55. The minimum absolute atomic E-state index is 0.264. The molecule has 106 valence electrons. The molecule has 2 heterocycles. The summed E-state index contributed by atoms with van der Waals surface area (Å²) < 4.78 is 5.15. The number of anilines is 1. The first-order valence-corrected chi connectivity index (χ1v) is 6.73. The molecule has 2 aromatic heterocycles. The third-order valence-electron chi connectivity index (χ3n) is 3.23. The van der Waals surface area contributed by atoms with Crippen molar-refractivity contribution in [2.75, 3.05) is 5.73 Å². The minimum Gasteiger partial charge on any atom is -0.367 e. The molecule has 4 N–H and O–H groups in total. The summed E-state index contributed by atoms with van der Waals surface area (Å²) in [6.45, 7) is 0.352. The van der Waals surface area contributed by atoms with Gasteiger partial charge in [-0.1, -0.05) is 22.8 Å². The van der Waals surface area contributed by atoms with Crippen molar-refractivity contribution < 1.29 is 4.52 Å². The van der Waals surface area contributed by atoms with Crippen LogP contribution in [0.2, 0.25) is 5.02 Å². The maximum absolute atomic E-state index is 6.09. The zero-order valence-electron chi connectivity index (χ0n) is 11.1. The zero-order chi connectivity index (χ0) is 14.8. The average molecular weight is 301 g/mol. The lowest BCUT2D eigenvalue weighted by atomic mass is 10.0. The molecule has 0 aliphatic rings. The molecule has 5 nitrogen and oxygen atoms in total. The van der Waals surface area contributed by atoms with Crippen molar-refractivity contribution in [3.05, 3.63) is 53.3 Å². The van der Waals surface area contributed by atoms with Crippen molar-refractivity contribution in [3.8, 4) is 22.4 Å². The largest absolute Gasteiger partial charge is 0.367 e. The van der Waals surface area contributed by atoms with Crippen LogP contribution in [0.5, 0.6) is 0 Å². The second-order valence-electron chi connectivity index (χ2n) is 4.52. The number of hydrogen-bond acceptors (Lipinski definition) is 5. The van der Waals surface area contributed by atoms with Gasteiger partial charge in [0.2, 0.25) is 5.88 Å². The highest BCUT2D eigenvalue weighted by molar-refractivity contribution is 6.31. The second-order valence-corrected chi connectivity index (χ2v) is 4.92. The van der Waals surface area contributed by atoms with E-state index in [4.69, 9.17) is 27.6 Å². The topological polar surface area (TPSA) is 91.0 Å². The smallest absolute Gasteiger partial charge is 0.230 e. The molecule has 6 heteroatoms. The number of nitrogens with zero attached hydrogens (tertiary/aromatic N) is 2. The summed E-state index contributed by atoms with van der Waals surface area (Å²) in [7, 11) is 0. The normalized spacial score (nSPS) is 10.8.